The molecule has 1 N–H and O–H groups in total. The minimum Gasteiger partial charge on any atom is -0.382 e. The lowest BCUT2D eigenvalue weighted by atomic mass is 10.1. The molecule has 1 heterocycles. The van der Waals surface area contributed by atoms with Crippen LogP contribution in [0, 0.1) is 5.92 Å². The fourth-order valence-electron chi connectivity index (χ4n) is 3.75. The molecule has 162 valence electrons. The molecule has 2 aliphatic rings. The molecule has 1 amide bonds. The summed E-state index contributed by atoms with van der Waals surface area (Å²) in [5, 5.41) is 3.42. The molecular weight excluding hydrogens is 356 g/mol. The first-order valence-electron chi connectivity index (χ1n) is 11.0. The number of hydrogen-bond acceptors (Lipinski definition) is 4. The second-order valence-electron chi connectivity index (χ2n) is 8.08. The smallest absolute Gasteiger partial charge is 0.243 e. The molecule has 0 radical (unpaired) electrons. The highest BCUT2D eigenvalue weighted by Gasteiger charge is 2.24. The van der Waals surface area contributed by atoms with E-state index in [0.717, 1.165) is 70.6 Å². The van der Waals surface area contributed by atoms with E-state index in [1.807, 2.05) is 6.92 Å². The van der Waals surface area contributed by atoms with Crippen LogP contribution in [0.5, 0.6) is 0 Å². The zero-order valence-electron chi connectivity index (χ0n) is 18.1. The topological polar surface area (TPSA) is 66.4 Å². The maximum absolute atomic E-state index is 11.9. The Morgan fingerprint density at radius 3 is 2.54 bits per heavy atom. The molecule has 1 saturated carbocycles. The number of likely N-dealkylation sites (tertiary alicyclic amines) is 1. The summed E-state index contributed by atoms with van der Waals surface area (Å²) in [6.07, 6.45) is 8.74. The SMILES string of the molecule is CCOCCCNC(=NCC(=O)N(C)C)N1CCC(OCC2CCCC2)CC1. The Morgan fingerprint density at radius 1 is 1.18 bits per heavy atom. The Kier molecular flexibility index (Phi) is 10.6. The van der Waals surface area contributed by atoms with Crippen molar-refractivity contribution in [3.8, 4) is 0 Å². The molecule has 7 nitrogen and oxygen atoms in total. The number of guanidine groups is 1. The van der Waals surface area contributed by atoms with E-state index in [1.165, 1.54) is 25.7 Å². The van der Waals surface area contributed by atoms with Gasteiger partial charge >= 0.3 is 0 Å². The summed E-state index contributed by atoms with van der Waals surface area (Å²) in [5.41, 5.74) is 0. The van der Waals surface area contributed by atoms with E-state index in [1.54, 1.807) is 19.0 Å². The van der Waals surface area contributed by atoms with Crippen molar-refractivity contribution in [1.29, 1.82) is 0 Å². The summed E-state index contributed by atoms with van der Waals surface area (Å²) in [6.45, 7) is 7.24. The van der Waals surface area contributed by atoms with Crippen LogP contribution < -0.4 is 5.32 Å². The molecule has 0 aromatic rings. The molecule has 1 aliphatic heterocycles. The van der Waals surface area contributed by atoms with Gasteiger partial charge in [0, 0.05) is 53.6 Å². The van der Waals surface area contributed by atoms with Crippen molar-refractivity contribution in [3.05, 3.63) is 0 Å². The average molecular weight is 397 g/mol. The molecule has 2 rings (SSSR count). The van der Waals surface area contributed by atoms with E-state index in [0.29, 0.717) is 6.10 Å². The number of likely N-dealkylation sites (N-methyl/N-ethyl adjacent to an activating group) is 1. The van der Waals surface area contributed by atoms with Gasteiger partial charge in [-0.05, 0) is 44.9 Å². The summed E-state index contributed by atoms with van der Waals surface area (Å²) >= 11 is 0. The highest BCUT2D eigenvalue weighted by Crippen LogP contribution is 2.26. The van der Waals surface area contributed by atoms with Crippen LogP contribution in [-0.2, 0) is 14.3 Å². The molecule has 1 aliphatic carbocycles. The van der Waals surface area contributed by atoms with E-state index in [4.69, 9.17) is 9.47 Å². The van der Waals surface area contributed by atoms with E-state index in [9.17, 15) is 4.79 Å². The number of ether oxygens (including phenoxy) is 2. The third-order valence-corrected chi connectivity index (χ3v) is 5.60. The van der Waals surface area contributed by atoms with Crippen LogP contribution in [-0.4, -0.2) is 87.9 Å². The number of rotatable bonds is 10. The summed E-state index contributed by atoms with van der Waals surface area (Å²) in [4.78, 5) is 20.4. The normalized spacial score (nSPS) is 19.2. The average Bonchev–Trinajstić information content (AvgIpc) is 3.22. The molecule has 1 saturated heterocycles. The van der Waals surface area contributed by atoms with Gasteiger partial charge in [-0.3, -0.25) is 4.79 Å². The summed E-state index contributed by atoms with van der Waals surface area (Å²) in [5.74, 6) is 1.63. The van der Waals surface area contributed by atoms with E-state index in [-0.39, 0.29) is 12.5 Å². The van der Waals surface area contributed by atoms with Gasteiger partial charge in [0.15, 0.2) is 5.96 Å². The molecule has 0 spiro atoms. The number of piperidine rings is 1. The number of amides is 1. The van der Waals surface area contributed by atoms with Gasteiger partial charge in [0.25, 0.3) is 0 Å². The van der Waals surface area contributed by atoms with Gasteiger partial charge in [0.2, 0.25) is 5.91 Å². The van der Waals surface area contributed by atoms with Gasteiger partial charge < -0.3 is 24.6 Å². The first-order valence-corrected chi connectivity index (χ1v) is 11.0. The Labute approximate surface area is 170 Å². The molecule has 0 unspecified atom stereocenters. The molecule has 2 fully saturated rings. The van der Waals surface area contributed by atoms with Crippen molar-refractivity contribution >= 4 is 11.9 Å². The second-order valence-corrected chi connectivity index (χ2v) is 8.08. The predicted molar refractivity (Wildman–Crippen MR) is 113 cm³/mol. The summed E-state index contributed by atoms with van der Waals surface area (Å²) < 4.78 is 11.6. The minimum atomic E-state index is 0.0170. The fraction of sp³-hybridized carbons (Fsp3) is 0.905. The van der Waals surface area contributed by atoms with Gasteiger partial charge in [0.05, 0.1) is 6.10 Å². The van der Waals surface area contributed by atoms with Crippen molar-refractivity contribution in [2.75, 3.05) is 60.1 Å². The fourth-order valence-corrected chi connectivity index (χ4v) is 3.75. The lowest BCUT2D eigenvalue weighted by Crippen LogP contribution is -2.48. The Morgan fingerprint density at radius 2 is 1.89 bits per heavy atom. The summed E-state index contributed by atoms with van der Waals surface area (Å²) in [7, 11) is 3.53. The standard InChI is InChI=1S/C21H40N4O3/c1-4-27-15-7-12-22-21(23-16-20(26)24(2)3)25-13-10-19(11-14-25)28-17-18-8-5-6-9-18/h18-19H,4-17H2,1-3H3,(H,22,23). The lowest BCUT2D eigenvalue weighted by Gasteiger charge is -2.34. The maximum atomic E-state index is 11.9. The third kappa shape index (κ3) is 8.35. The number of nitrogens with zero attached hydrogens (tertiary/aromatic N) is 3. The predicted octanol–water partition coefficient (Wildman–Crippen LogP) is 2.12. The van der Waals surface area contributed by atoms with Gasteiger partial charge in [-0.15, -0.1) is 0 Å². The largest absolute Gasteiger partial charge is 0.382 e. The third-order valence-electron chi connectivity index (χ3n) is 5.60. The quantitative estimate of drug-likeness (QED) is 0.348. The number of carbonyl (C=O) groups is 1. The molecule has 28 heavy (non-hydrogen) atoms. The molecule has 7 heteroatoms. The van der Waals surface area contributed by atoms with Gasteiger partial charge in [-0.25, -0.2) is 4.99 Å². The van der Waals surface area contributed by atoms with Crippen LogP contribution in [0.3, 0.4) is 0 Å². The number of aliphatic imine (C=N–C) groups is 1. The lowest BCUT2D eigenvalue weighted by molar-refractivity contribution is -0.127. The first kappa shape index (κ1) is 22.9. The van der Waals surface area contributed by atoms with Crippen molar-refractivity contribution in [2.45, 2.75) is 58.0 Å². The van der Waals surface area contributed by atoms with Gasteiger partial charge in [0.1, 0.15) is 6.54 Å². The van der Waals surface area contributed by atoms with E-state index < -0.39 is 0 Å². The van der Waals surface area contributed by atoms with E-state index >= 15 is 0 Å². The van der Waals surface area contributed by atoms with Crippen LogP contribution in [0.4, 0.5) is 0 Å². The van der Waals surface area contributed by atoms with Gasteiger partial charge in [-0.2, -0.15) is 0 Å². The molecule has 0 atom stereocenters. The highest BCUT2D eigenvalue weighted by molar-refractivity contribution is 5.84. The van der Waals surface area contributed by atoms with Crippen LogP contribution in [0.1, 0.15) is 51.9 Å². The Hall–Kier alpha value is -1.34. The monoisotopic (exact) mass is 396 g/mol. The number of nitrogens with one attached hydrogen (secondary N) is 1. The number of hydrogen-bond donors (Lipinski definition) is 1. The minimum absolute atomic E-state index is 0.0170. The zero-order chi connectivity index (χ0) is 20.2. The van der Waals surface area contributed by atoms with Crippen LogP contribution in [0.2, 0.25) is 0 Å². The van der Waals surface area contributed by atoms with Crippen LogP contribution in [0.15, 0.2) is 4.99 Å². The van der Waals surface area contributed by atoms with Crippen LogP contribution in [0.25, 0.3) is 0 Å². The van der Waals surface area contributed by atoms with E-state index in [2.05, 4.69) is 15.2 Å². The zero-order valence-corrected chi connectivity index (χ0v) is 18.1. The highest BCUT2D eigenvalue weighted by atomic mass is 16.5. The molecule has 0 aromatic carbocycles. The van der Waals surface area contributed by atoms with Crippen molar-refractivity contribution in [1.82, 2.24) is 15.1 Å². The Bertz CT molecular complexity index is 470. The van der Waals surface area contributed by atoms with Crippen molar-refractivity contribution in [3.63, 3.8) is 0 Å². The number of carbonyl (C=O) groups excluding carboxylic acids is 1. The van der Waals surface area contributed by atoms with Crippen LogP contribution >= 0.6 is 0 Å². The molecular formula is C21H40N4O3. The molecule has 0 bridgehead atoms. The molecule has 0 aromatic heterocycles. The first-order chi connectivity index (χ1) is 13.6. The van der Waals surface area contributed by atoms with Gasteiger partial charge in [-0.1, -0.05) is 12.8 Å². The Balaban J connectivity index is 1.78. The maximum Gasteiger partial charge on any atom is 0.243 e. The summed E-state index contributed by atoms with van der Waals surface area (Å²) in [6, 6.07) is 0. The second kappa shape index (κ2) is 13.0. The van der Waals surface area contributed by atoms with Crippen molar-refractivity contribution < 1.29 is 14.3 Å². The van der Waals surface area contributed by atoms with Crippen molar-refractivity contribution in [2.24, 2.45) is 10.9 Å².